The molecule has 0 amide bonds. The lowest BCUT2D eigenvalue weighted by Crippen LogP contribution is -2.33. The highest BCUT2D eigenvalue weighted by Gasteiger charge is 2.21. The minimum absolute atomic E-state index is 0.0950. The average molecular weight is 287 g/mol. The van der Waals surface area contributed by atoms with E-state index in [1.807, 2.05) is 31.2 Å². The Morgan fingerprint density at radius 2 is 2.05 bits per heavy atom. The van der Waals surface area contributed by atoms with Crippen molar-refractivity contribution in [3.63, 3.8) is 0 Å². The highest BCUT2D eigenvalue weighted by molar-refractivity contribution is 5.13. The molecule has 1 unspecified atom stereocenters. The van der Waals surface area contributed by atoms with Crippen molar-refractivity contribution in [1.29, 1.82) is 0 Å². The first-order valence-electron chi connectivity index (χ1n) is 7.63. The first-order chi connectivity index (χ1) is 10.2. The largest absolute Gasteiger partial charge is 0.464 e. The van der Waals surface area contributed by atoms with Gasteiger partial charge in [-0.25, -0.2) is 0 Å². The molecule has 0 radical (unpaired) electrons. The lowest BCUT2D eigenvalue weighted by molar-refractivity contribution is 0.176. The topological polar surface area (TPSA) is 55.3 Å². The van der Waals surface area contributed by atoms with Crippen molar-refractivity contribution in [3.8, 4) is 0 Å². The van der Waals surface area contributed by atoms with E-state index in [-0.39, 0.29) is 6.04 Å². The first-order valence-corrected chi connectivity index (χ1v) is 7.63. The molecule has 1 atom stereocenters. The highest BCUT2D eigenvalue weighted by Crippen LogP contribution is 2.23. The summed E-state index contributed by atoms with van der Waals surface area (Å²) < 4.78 is 5.89. The second kappa shape index (κ2) is 7.38. The Balaban J connectivity index is 2.17. The predicted octanol–water partition coefficient (Wildman–Crippen LogP) is 3.07. The molecule has 0 spiro atoms. The van der Waals surface area contributed by atoms with Crippen LogP contribution in [0.1, 0.15) is 42.8 Å². The summed E-state index contributed by atoms with van der Waals surface area (Å²) >= 11 is 0. The molecular formula is C17H25N3O. The molecule has 21 heavy (non-hydrogen) atoms. The normalized spacial score (nSPS) is 12.8. The zero-order valence-corrected chi connectivity index (χ0v) is 13.2. The van der Waals surface area contributed by atoms with E-state index < -0.39 is 0 Å². The fourth-order valence-electron chi connectivity index (χ4n) is 2.55. The molecule has 0 aliphatic rings. The third kappa shape index (κ3) is 3.93. The summed E-state index contributed by atoms with van der Waals surface area (Å²) in [6, 6.07) is 10.3. The van der Waals surface area contributed by atoms with Crippen LogP contribution < -0.4 is 5.73 Å². The minimum atomic E-state index is 0.0950. The molecule has 2 N–H and O–H groups in total. The van der Waals surface area contributed by atoms with Gasteiger partial charge in [0.25, 0.3) is 0 Å². The van der Waals surface area contributed by atoms with Crippen molar-refractivity contribution < 1.29 is 4.42 Å². The second-order valence-electron chi connectivity index (χ2n) is 5.24. The molecule has 2 rings (SSSR count). The standard InChI is InChI=1S/C17H25N3O/c1-4-15-9-10-17(21-15)16(11-18)20(5-2)12-14-8-6-7-13(3)19-14/h6-10,16H,4-5,11-12,18H2,1-3H3. The summed E-state index contributed by atoms with van der Waals surface area (Å²) in [6.45, 7) is 8.47. The summed E-state index contributed by atoms with van der Waals surface area (Å²) in [5.74, 6) is 1.96. The van der Waals surface area contributed by atoms with Crippen molar-refractivity contribution in [3.05, 3.63) is 53.2 Å². The Morgan fingerprint density at radius 3 is 2.62 bits per heavy atom. The number of hydrogen-bond donors (Lipinski definition) is 1. The van der Waals surface area contributed by atoms with Gasteiger partial charge in [0.2, 0.25) is 0 Å². The van der Waals surface area contributed by atoms with Gasteiger partial charge in [0.15, 0.2) is 0 Å². The zero-order valence-electron chi connectivity index (χ0n) is 13.2. The number of aryl methyl sites for hydroxylation is 2. The van der Waals surface area contributed by atoms with Crippen LogP contribution in [0.15, 0.2) is 34.7 Å². The zero-order chi connectivity index (χ0) is 15.2. The van der Waals surface area contributed by atoms with Crippen LogP contribution in [-0.2, 0) is 13.0 Å². The highest BCUT2D eigenvalue weighted by atomic mass is 16.3. The van der Waals surface area contributed by atoms with Gasteiger partial charge >= 0.3 is 0 Å². The fraction of sp³-hybridized carbons (Fsp3) is 0.471. The van der Waals surface area contributed by atoms with E-state index in [4.69, 9.17) is 10.2 Å². The van der Waals surface area contributed by atoms with Crippen LogP contribution in [0.3, 0.4) is 0 Å². The van der Waals surface area contributed by atoms with Crippen LogP contribution >= 0.6 is 0 Å². The number of rotatable bonds is 7. The van der Waals surface area contributed by atoms with E-state index in [1.165, 1.54) is 0 Å². The molecule has 2 aromatic heterocycles. The monoisotopic (exact) mass is 287 g/mol. The Hall–Kier alpha value is -1.65. The van der Waals surface area contributed by atoms with Crippen LogP contribution in [0.25, 0.3) is 0 Å². The van der Waals surface area contributed by atoms with Gasteiger partial charge in [-0.1, -0.05) is 19.9 Å². The van der Waals surface area contributed by atoms with E-state index in [1.54, 1.807) is 0 Å². The van der Waals surface area contributed by atoms with E-state index in [2.05, 4.69) is 29.8 Å². The molecular weight excluding hydrogens is 262 g/mol. The molecule has 2 heterocycles. The van der Waals surface area contributed by atoms with Crippen molar-refractivity contribution in [2.24, 2.45) is 5.73 Å². The molecule has 0 fully saturated rings. The van der Waals surface area contributed by atoms with Gasteiger partial charge in [-0.05, 0) is 37.7 Å². The van der Waals surface area contributed by atoms with Crippen molar-refractivity contribution >= 4 is 0 Å². The summed E-state index contributed by atoms with van der Waals surface area (Å²) in [7, 11) is 0. The number of nitrogens with zero attached hydrogens (tertiary/aromatic N) is 2. The Morgan fingerprint density at radius 1 is 1.24 bits per heavy atom. The molecule has 0 saturated heterocycles. The molecule has 2 aromatic rings. The number of aromatic nitrogens is 1. The minimum Gasteiger partial charge on any atom is -0.464 e. The summed E-state index contributed by atoms with van der Waals surface area (Å²) in [5.41, 5.74) is 8.10. The Kier molecular flexibility index (Phi) is 5.53. The van der Waals surface area contributed by atoms with Crippen molar-refractivity contribution in [1.82, 2.24) is 9.88 Å². The number of likely N-dealkylation sites (N-methyl/N-ethyl adjacent to an activating group) is 1. The maximum atomic E-state index is 5.99. The third-order valence-electron chi connectivity index (χ3n) is 3.74. The first kappa shape index (κ1) is 15.7. The smallest absolute Gasteiger partial charge is 0.122 e. The van der Waals surface area contributed by atoms with Gasteiger partial charge in [-0.2, -0.15) is 0 Å². The van der Waals surface area contributed by atoms with E-state index in [0.29, 0.717) is 6.54 Å². The average Bonchev–Trinajstić information content (AvgIpc) is 2.96. The van der Waals surface area contributed by atoms with Crippen LogP contribution in [0.5, 0.6) is 0 Å². The number of furan rings is 1. The lowest BCUT2D eigenvalue weighted by Gasteiger charge is -2.28. The van der Waals surface area contributed by atoms with Crippen molar-refractivity contribution in [2.45, 2.75) is 39.8 Å². The molecule has 0 aliphatic carbocycles. The fourth-order valence-corrected chi connectivity index (χ4v) is 2.55. The summed E-state index contributed by atoms with van der Waals surface area (Å²) in [6.07, 6.45) is 0.906. The van der Waals surface area contributed by atoms with Crippen LogP contribution in [0.2, 0.25) is 0 Å². The van der Waals surface area contributed by atoms with Crippen LogP contribution in [-0.4, -0.2) is 23.0 Å². The maximum absolute atomic E-state index is 5.99. The molecule has 0 bridgehead atoms. The molecule has 0 aromatic carbocycles. The van der Waals surface area contributed by atoms with Crippen molar-refractivity contribution in [2.75, 3.05) is 13.1 Å². The van der Waals surface area contributed by atoms with Gasteiger partial charge in [0.1, 0.15) is 11.5 Å². The number of pyridine rings is 1. The van der Waals surface area contributed by atoms with E-state index in [9.17, 15) is 0 Å². The second-order valence-corrected chi connectivity index (χ2v) is 5.24. The van der Waals surface area contributed by atoms with Crippen LogP contribution in [0, 0.1) is 6.92 Å². The summed E-state index contributed by atoms with van der Waals surface area (Å²) in [5, 5.41) is 0. The molecule has 0 saturated carbocycles. The quantitative estimate of drug-likeness (QED) is 0.850. The molecule has 4 heteroatoms. The van der Waals surface area contributed by atoms with E-state index >= 15 is 0 Å². The van der Waals surface area contributed by atoms with Crippen LogP contribution in [0.4, 0.5) is 0 Å². The van der Waals surface area contributed by atoms with Gasteiger partial charge in [-0.3, -0.25) is 9.88 Å². The molecule has 0 aliphatic heterocycles. The Bertz CT molecular complexity index is 565. The number of hydrogen-bond acceptors (Lipinski definition) is 4. The maximum Gasteiger partial charge on any atom is 0.122 e. The van der Waals surface area contributed by atoms with Gasteiger partial charge in [-0.15, -0.1) is 0 Å². The molecule has 114 valence electrons. The third-order valence-corrected chi connectivity index (χ3v) is 3.74. The van der Waals surface area contributed by atoms with E-state index in [0.717, 1.165) is 42.4 Å². The predicted molar refractivity (Wildman–Crippen MR) is 84.9 cm³/mol. The molecule has 4 nitrogen and oxygen atoms in total. The lowest BCUT2D eigenvalue weighted by atomic mass is 10.1. The van der Waals surface area contributed by atoms with Gasteiger partial charge in [0.05, 0.1) is 11.7 Å². The van der Waals surface area contributed by atoms with Gasteiger partial charge < -0.3 is 10.2 Å². The Labute approximate surface area is 127 Å². The van der Waals surface area contributed by atoms with Gasteiger partial charge in [0, 0.05) is 25.2 Å². The summed E-state index contributed by atoms with van der Waals surface area (Å²) in [4.78, 5) is 6.89. The SMILES string of the molecule is CCc1ccc(C(CN)N(CC)Cc2cccc(C)n2)o1. The number of nitrogens with two attached hydrogens (primary N) is 1.